The molecule has 0 heteroatoms. The Kier molecular flexibility index (Phi) is 3.51. The van der Waals surface area contributed by atoms with Gasteiger partial charge >= 0.3 is 0 Å². The molecule has 0 saturated carbocycles. The lowest BCUT2D eigenvalue weighted by Gasteiger charge is -2.20. The molecule has 0 N–H and O–H groups in total. The van der Waals surface area contributed by atoms with Crippen molar-refractivity contribution >= 4 is 10.8 Å². The first-order valence-corrected chi connectivity index (χ1v) is 6.66. The SMILES string of the molecule is CCC(C)c1ccc2ccccc2c1C(C)C. The largest absolute Gasteiger partial charge is 0.0648 e. The summed E-state index contributed by atoms with van der Waals surface area (Å²) in [6, 6.07) is 13.3. The van der Waals surface area contributed by atoms with E-state index in [4.69, 9.17) is 0 Å². The van der Waals surface area contributed by atoms with Crippen molar-refractivity contribution in [3.63, 3.8) is 0 Å². The van der Waals surface area contributed by atoms with Crippen LogP contribution in [0.15, 0.2) is 36.4 Å². The van der Waals surface area contributed by atoms with Crippen LogP contribution >= 0.6 is 0 Å². The smallest absolute Gasteiger partial charge is 0.0146 e. The molecule has 0 radical (unpaired) electrons. The van der Waals surface area contributed by atoms with E-state index in [0.717, 1.165) is 0 Å². The van der Waals surface area contributed by atoms with Crippen molar-refractivity contribution in [1.29, 1.82) is 0 Å². The van der Waals surface area contributed by atoms with Crippen molar-refractivity contribution in [2.24, 2.45) is 0 Å². The molecule has 0 bridgehead atoms. The highest BCUT2D eigenvalue weighted by atomic mass is 14.2. The fraction of sp³-hybridized carbons (Fsp3) is 0.412. The summed E-state index contributed by atoms with van der Waals surface area (Å²) in [4.78, 5) is 0. The van der Waals surface area contributed by atoms with Crippen molar-refractivity contribution in [2.75, 3.05) is 0 Å². The summed E-state index contributed by atoms with van der Waals surface area (Å²) < 4.78 is 0. The molecule has 90 valence electrons. The van der Waals surface area contributed by atoms with Crippen molar-refractivity contribution in [1.82, 2.24) is 0 Å². The fourth-order valence-electron chi connectivity index (χ4n) is 2.61. The van der Waals surface area contributed by atoms with E-state index in [0.29, 0.717) is 11.8 Å². The van der Waals surface area contributed by atoms with E-state index < -0.39 is 0 Å². The third-order valence-electron chi connectivity index (χ3n) is 3.73. The summed E-state index contributed by atoms with van der Waals surface area (Å²) in [6.07, 6.45) is 1.21. The van der Waals surface area contributed by atoms with Crippen molar-refractivity contribution < 1.29 is 0 Å². The molecule has 0 aliphatic rings. The molecule has 0 aromatic heterocycles. The van der Waals surface area contributed by atoms with Crippen molar-refractivity contribution in [3.8, 4) is 0 Å². The van der Waals surface area contributed by atoms with Gasteiger partial charge in [-0.2, -0.15) is 0 Å². The van der Waals surface area contributed by atoms with Gasteiger partial charge in [0.2, 0.25) is 0 Å². The number of hydrogen-bond acceptors (Lipinski definition) is 0. The van der Waals surface area contributed by atoms with Gasteiger partial charge in [-0.3, -0.25) is 0 Å². The van der Waals surface area contributed by atoms with E-state index in [-0.39, 0.29) is 0 Å². The van der Waals surface area contributed by atoms with Gasteiger partial charge in [-0.05, 0) is 40.2 Å². The predicted octanol–water partition coefficient (Wildman–Crippen LogP) is 5.48. The number of hydrogen-bond donors (Lipinski definition) is 0. The maximum Gasteiger partial charge on any atom is -0.0146 e. The zero-order chi connectivity index (χ0) is 12.4. The van der Waals surface area contributed by atoms with Crippen LogP contribution in [0.5, 0.6) is 0 Å². The summed E-state index contributed by atoms with van der Waals surface area (Å²) >= 11 is 0. The molecule has 0 fully saturated rings. The molecule has 1 unspecified atom stereocenters. The van der Waals surface area contributed by atoms with Gasteiger partial charge in [-0.15, -0.1) is 0 Å². The quantitative estimate of drug-likeness (QED) is 0.650. The molecule has 0 saturated heterocycles. The first kappa shape index (κ1) is 12.2. The summed E-state index contributed by atoms with van der Waals surface area (Å²) in [5.74, 6) is 1.24. The highest BCUT2D eigenvalue weighted by Crippen LogP contribution is 2.34. The molecule has 0 spiro atoms. The van der Waals surface area contributed by atoms with Crippen LogP contribution in [0.1, 0.15) is 57.1 Å². The normalized spacial score (nSPS) is 13.2. The van der Waals surface area contributed by atoms with Crippen LogP contribution in [0.4, 0.5) is 0 Å². The van der Waals surface area contributed by atoms with Crippen LogP contribution in [0.3, 0.4) is 0 Å². The van der Waals surface area contributed by atoms with E-state index >= 15 is 0 Å². The van der Waals surface area contributed by atoms with E-state index in [1.54, 1.807) is 0 Å². The van der Waals surface area contributed by atoms with E-state index in [2.05, 4.69) is 64.1 Å². The molecule has 0 amide bonds. The summed E-state index contributed by atoms with van der Waals surface area (Å²) in [5.41, 5.74) is 3.07. The molecule has 2 aromatic rings. The van der Waals surface area contributed by atoms with Gasteiger partial charge in [0.25, 0.3) is 0 Å². The highest BCUT2D eigenvalue weighted by Gasteiger charge is 2.14. The monoisotopic (exact) mass is 226 g/mol. The Hall–Kier alpha value is -1.30. The molecule has 0 heterocycles. The van der Waals surface area contributed by atoms with Crippen LogP contribution in [-0.4, -0.2) is 0 Å². The van der Waals surface area contributed by atoms with Gasteiger partial charge in [0.05, 0.1) is 0 Å². The number of benzene rings is 2. The third kappa shape index (κ3) is 2.22. The molecule has 1 atom stereocenters. The molecule has 2 rings (SSSR count). The van der Waals surface area contributed by atoms with Crippen molar-refractivity contribution in [3.05, 3.63) is 47.5 Å². The number of fused-ring (bicyclic) bond motifs is 1. The molecule has 0 aliphatic heterocycles. The second kappa shape index (κ2) is 4.91. The van der Waals surface area contributed by atoms with E-state index in [1.165, 1.54) is 28.3 Å². The minimum Gasteiger partial charge on any atom is -0.0648 e. The van der Waals surface area contributed by atoms with Crippen LogP contribution in [0.25, 0.3) is 10.8 Å². The predicted molar refractivity (Wildman–Crippen MR) is 76.7 cm³/mol. The standard InChI is InChI=1S/C17H22/c1-5-13(4)15-11-10-14-8-6-7-9-16(14)17(15)12(2)3/h6-13H,5H2,1-4H3. The molecular weight excluding hydrogens is 204 g/mol. The molecular formula is C17H22. The lowest BCUT2D eigenvalue weighted by Crippen LogP contribution is -2.01. The van der Waals surface area contributed by atoms with Gasteiger partial charge < -0.3 is 0 Å². The Balaban J connectivity index is 2.73. The second-order valence-corrected chi connectivity index (χ2v) is 5.25. The van der Waals surface area contributed by atoms with Crippen LogP contribution in [-0.2, 0) is 0 Å². The second-order valence-electron chi connectivity index (χ2n) is 5.25. The average molecular weight is 226 g/mol. The summed E-state index contributed by atoms with van der Waals surface area (Å²) in [7, 11) is 0. The van der Waals surface area contributed by atoms with Crippen LogP contribution in [0, 0.1) is 0 Å². The van der Waals surface area contributed by atoms with E-state index in [1.807, 2.05) is 0 Å². The van der Waals surface area contributed by atoms with Crippen molar-refractivity contribution in [2.45, 2.75) is 46.0 Å². The minimum atomic E-state index is 0.588. The van der Waals surface area contributed by atoms with E-state index in [9.17, 15) is 0 Å². The van der Waals surface area contributed by atoms with Gasteiger partial charge in [0.15, 0.2) is 0 Å². The number of rotatable bonds is 3. The first-order valence-electron chi connectivity index (χ1n) is 6.66. The third-order valence-corrected chi connectivity index (χ3v) is 3.73. The lowest BCUT2D eigenvalue weighted by atomic mass is 9.85. The maximum atomic E-state index is 2.33. The van der Waals surface area contributed by atoms with Gasteiger partial charge in [0, 0.05) is 0 Å². The van der Waals surface area contributed by atoms with Gasteiger partial charge in [0.1, 0.15) is 0 Å². The van der Waals surface area contributed by atoms with Gasteiger partial charge in [-0.1, -0.05) is 64.1 Å². The molecule has 2 aromatic carbocycles. The molecule has 0 aliphatic carbocycles. The summed E-state index contributed by atoms with van der Waals surface area (Å²) in [5, 5.41) is 2.79. The van der Waals surface area contributed by atoms with Crippen LogP contribution in [0.2, 0.25) is 0 Å². The Morgan fingerprint density at radius 1 is 0.941 bits per heavy atom. The average Bonchev–Trinajstić information content (AvgIpc) is 2.36. The Morgan fingerprint density at radius 3 is 2.29 bits per heavy atom. The Labute approximate surface area is 105 Å². The molecule has 17 heavy (non-hydrogen) atoms. The van der Waals surface area contributed by atoms with Crippen LogP contribution < -0.4 is 0 Å². The summed E-state index contributed by atoms with van der Waals surface area (Å²) in [6.45, 7) is 9.20. The Morgan fingerprint density at radius 2 is 1.65 bits per heavy atom. The molecule has 0 nitrogen and oxygen atoms in total. The maximum absolute atomic E-state index is 2.33. The minimum absolute atomic E-state index is 0.588. The van der Waals surface area contributed by atoms with Gasteiger partial charge in [-0.25, -0.2) is 0 Å². The zero-order valence-corrected chi connectivity index (χ0v) is 11.3. The fourth-order valence-corrected chi connectivity index (χ4v) is 2.61. The zero-order valence-electron chi connectivity index (χ0n) is 11.3. The lowest BCUT2D eigenvalue weighted by molar-refractivity contribution is 0.711. The first-order chi connectivity index (χ1) is 8.15. The topological polar surface area (TPSA) is 0 Å². The highest BCUT2D eigenvalue weighted by molar-refractivity contribution is 5.87. The Bertz CT molecular complexity index is 508.